The van der Waals surface area contributed by atoms with Crippen molar-refractivity contribution in [1.82, 2.24) is 5.32 Å². The normalized spacial score (nSPS) is 31.9. The summed E-state index contributed by atoms with van der Waals surface area (Å²) in [6.07, 6.45) is 6.07. The summed E-state index contributed by atoms with van der Waals surface area (Å²) in [6.45, 7) is 5.00. The molecule has 0 amide bonds. The van der Waals surface area contributed by atoms with Crippen LogP contribution in [0.3, 0.4) is 0 Å². The number of ether oxygens (including phenoxy) is 2. The van der Waals surface area contributed by atoms with Gasteiger partial charge in [-0.15, -0.1) is 0 Å². The summed E-state index contributed by atoms with van der Waals surface area (Å²) in [5, 5.41) is 3.52. The fourth-order valence-corrected chi connectivity index (χ4v) is 2.40. The molecule has 0 aromatic heterocycles. The molecule has 2 heterocycles. The Morgan fingerprint density at radius 2 is 2.14 bits per heavy atom. The molecule has 1 unspecified atom stereocenters. The number of nitrogens with one attached hydrogen (secondary N) is 1. The highest BCUT2D eigenvalue weighted by Gasteiger charge is 2.37. The zero-order valence-electron chi connectivity index (χ0n) is 9.05. The molecule has 14 heavy (non-hydrogen) atoms. The molecule has 0 saturated carbocycles. The Labute approximate surface area is 86.2 Å². The lowest BCUT2D eigenvalue weighted by Crippen LogP contribution is -2.57. The quantitative estimate of drug-likeness (QED) is 0.734. The fraction of sp³-hybridized carbons (Fsp3) is 1.00. The zero-order valence-corrected chi connectivity index (χ0v) is 9.05. The van der Waals surface area contributed by atoms with Crippen LogP contribution in [0.4, 0.5) is 0 Å². The van der Waals surface area contributed by atoms with Crippen LogP contribution in [0.1, 0.15) is 39.0 Å². The van der Waals surface area contributed by atoms with Gasteiger partial charge in [0.25, 0.3) is 0 Å². The Morgan fingerprint density at radius 3 is 2.86 bits per heavy atom. The summed E-state index contributed by atoms with van der Waals surface area (Å²) in [7, 11) is 0. The molecule has 0 bridgehead atoms. The van der Waals surface area contributed by atoms with Gasteiger partial charge in [-0.2, -0.15) is 0 Å². The molecule has 1 atom stereocenters. The van der Waals surface area contributed by atoms with Gasteiger partial charge in [0, 0.05) is 19.4 Å². The van der Waals surface area contributed by atoms with E-state index in [1.807, 2.05) is 0 Å². The molecule has 0 radical (unpaired) electrons. The average Bonchev–Trinajstić information content (AvgIpc) is 2.19. The van der Waals surface area contributed by atoms with Gasteiger partial charge in [0.2, 0.25) is 0 Å². The Bertz CT molecular complexity index is 171. The lowest BCUT2D eigenvalue weighted by Gasteiger charge is -2.44. The molecule has 3 nitrogen and oxygen atoms in total. The van der Waals surface area contributed by atoms with E-state index in [2.05, 4.69) is 12.2 Å². The summed E-state index contributed by atoms with van der Waals surface area (Å²) in [5.74, 6) is 0. The van der Waals surface area contributed by atoms with Crippen molar-refractivity contribution in [3.63, 3.8) is 0 Å². The second kappa shape index (κ2) is 4.60. The van der Waals surface area contributed by atoms with E-state index in [0.717, 1.165) is 39.0 Å². The summed E-state index contributed by atoms with van der Waals surface area (Å²) in [5.41, 5.74) is -0.0453. The molecule has 0 aliphatic carbocycles. The maximum Gasteiger partial charge on any atom is 0.124 e. The average molecular weight is 199 g/mol. The largest absolute Gasteiger partial charge is 0.381 e. The Hall–Kier alpha value is -0.120. The molecule has 0 aromatic rings. The molecule has 3 heteroatoms. The van der Waals surface area contributed by atoms with Crippen LogP contribution in [-0.4, -0.2) is 31.6 Å². The van der Waals surface area contributed by atoms with Crippen LogP contribution in [0.25, 0.3) is 0 Å². The van der Waals surface area contributed by atoms with E-state index < -0.39 is 0 Å². The lowest BCUT2D eigenvalue weighted by atomic mass is 9.99. The molecule has 2 saturated heterocycles. The standard InChI is InChI=1S/C11H21NO2/c1-2-3-10-4-7-12-11(14-10)5-8-13-9-6-11/h10,12H,2-9H2,1H3. The lowest BCUT2D eigenvalue weighted by molar-refractivity contribution is -0.183. The summed E-state index contributed by atoms with van der Waals surface area (Å²) < 4.78 is 11.5. The van der Waals surface area contributed by atoms with Gasteiger partial charge in [-0.05, 0) is 12.8 Å². The minimum absolute atomic E-state index is 0.0453. The summed E-state index contributed by atoms with van der Waals surface area (Å²) in [4.78, 5) is 0. The van der Waals surface area contributed by atoms with Crippen molar-refractivity contribution in [2.75, 3.05) is 19.8 Å². The van der Waals surface area contributed by atoms with E-state index >= 15 is 0 Å². The number of hydrogen-bond donors (Lipinski definition) is 1. The molecular formula is C11H21NO2. The van der Waals surface area contributed by atoms with E-state index in [0.29, 0.717) is 6.10 Å². The van der Waals surface area contributed by atoms with E-state index in [9.17, 15) is 0 Å². The first-order chi connectivity index (χ1) is 6.85. The van der Waals surface area contributed by atoms with E-state index in [-0.39, 0.29) is 5.72 Å². The van der Waals surface area contributed by atoms with Crippen molar-refractivity contribution in [3.8, 4) is 0 Å². The van der Waals surface area contributed by atoms with Gasteiger partial charge >= 0.3 is 0 Å². The molecule has 0 aromatic carbocycles. The minimum atomic E-state index is -0.0453. The van der Waals surface area contributed by atoms with Crippen molar-refractivity contribution in [1.29, 1.82) is 0 Å². The first-order valence-corrected chi connectivity index (χ1v) is 5.85. The Morgan fingerprint density at radius 1 is 1.36 bits per heavy atom. The van der Waals surface area contributed by atoms with Gasteiger partial charge in [-0.3, -0.25) is 5.32 Å². The van der Waals surface area contributed by atoms with Gasteiger partial charge in [-0.25, -0.2) is 0 Å². The van der Waals surface area contributed by atoms with Gasteiger partial charge in [0.05, 0.1) is 19.3 Å². The molecule has 82 valence electrons. The highest BCUT2D eigenvalue weighted by Crippen LogP contribution is 2.29. The first kappa shape index (κ1) is 10.4. The second-order valence-electron chi connectivity index (χ2n) is 4.35. The highest BCUT2D eigenvalue weighted by molar-refractivity contribution is 4.86. The fourth-order valence-electron chi connectivity index (χ4n) is 2.40. The van der Waals surface area contributed by atoms with Crippen molar-refractivity contribution in [2.24, 2.45) is 0 Å². The van der Waals surface area contributed by atoms with Crippen LogP contribution in [-0.2, 0) is 9.47 Å². The van der Waals surface area contributed by atoms with Crippen LogP contribution in [0, 0.1) is 0 Å². The van der Waals surface area contributed by atoms with Gasteiger partial charge in [0.15, 0.2) is 0 Å². The van der Waals surface area contributed by atoms with Gasteiger partial charge in [0.1, 0.15) is 5.72 Å². The van der Waals surface area contributed by atoms with Crippen LogP contribution in [0.15, 0.2) is 0 Å². The third kappa shape index (κ3) is 2.27. The minimum Gasteiger partial charge on any atom is -0.381 e. The van der Waals surface area contributed by atoms with E-state index in [1.165, 1.54) is 12.8 Å². The number of rotatable bonds is 2. The summed E-state index contributed by atoms with van der Waals surface area (Å²) >= 11 is 0. The maximum absolute atomic E-state index is 6.16. The van der Waals surface area contributed by atoms with Crippen molar-refractivity contribution >= 4 is 0 Å². The molecule has 1 spiro atoms. The second-order valence-corrected chi connectivity index (χ2v) is 4.35. The van der Waals surface area contributed by atoms with Crippen molar-refractivity contribution in [2.45, 2.75) is 50.9 Å². The predicted octanol–water partition coefficient (Wildman–Crippen LogP) is 1.67. The first-order valence-electron chi connectivity index (χ1n) is 5.85. The molecule has 1 N–H and O–H groups in total. The zero-order chi connectivity index (χ0) is 9.86. The van der Waals surface area contributed by atoms with Crippen molar-refractivity contribution < 1.29 is 9.47 Å². The van der Waals surface area contributed by atoms with Crippen LogP contribution >= 0.6 is 0 Å². The number of hydrogen-bond acceptors (Lipinski definition) is 3. The summed E-state index contributed by atoms with van der Waals surface area (Å²) in [6, 6.07) is 0. The Balaban J connectivity index is 1.91. The molecule has 2 fully saturated rings. The monoisotopic (exact) mass is 199 g/mol. The van der Waals surface area contributed by atoms with Crippen molar-refractivity contribution in [3.05, 3.63) is 0 Å². The predicted molar refractivity (Wildman–Crippen MR) is 55.2 cm³/mol. The third-order valence-corrected chi connectivity index (χ3v) is 3.22. The smallest absolute Gasteiger partial charge is 0.124 e. The molecular weight excluding hydrogens is 178 g/mol. The van der Waals surface area contributed by atoms with Gasteiger partial charge in [-0.1, -0.05) is 13.3 Å². The van der Waals surface area contributed by atoms with E-state index in [4.69, 9.17) is 9.47 Å². The highest BCUT2D eigenvalue weighted by atomic mass is 16.5. The van der Waals surface area contributed by atoms with E-state index in [1.54, 1.807) is 0 Å². The van der Waals surface area contributed by atoms with Crippen LogP contribution in [0.2, 0.25) is 0 Å². The topological polar surface area (TPSA) is 30.5 Å². The van der Waals surface area contributed by atoms with Crippen LogP contribution < -0.4 is 5.32 Å². The molecule has 2 rings (SSSR count). The van der Waals surface area contributed by atoms with Gasteiger partial charge < -0.3 is 9.47 Å². The third-order valence-electron chi connectivity index (χ3n) is 3.22. The van der Waals surface area contributed by atoms with Crippen LogP contribution in [0.5, 0.6) is 0 Å². The SMILES string of the molecule is CCCC1CCNC2(CCOCC2)O1. The molecule has 2 aliphatic heterocycles. The molecule has 2 aliphatic rings. The Kier molecular flexibility index (Phi) is 3.42. The maximum atomic E-state index is 6.16.